The zero-order chi connectivity index (χ0) is 14.1. The van der Waals surface area contributed by atoms with Gasteiger partial charge >= 0.3 is 0 Å². The van der Waals surface area contributed by atoms with Crippen LogP contribution in [0.25, 0.3) is 0 Å². The number of pyridine rings is 1. The summed E-state index contributed by atoms with van der Waals surface area (Å²) in [6, 6.07) is 7.30. The standard InChI is InChI=1S/C16H14ClNO2/c1-10-14(3-2-5-18-10)15(19)9-12-8-13(17)7-11-4-6-20-16(11)12/h2-3,5,7-8H,4,6,9H2,1H3. The highest BCUT2D eigenvalue weighted by Crippen LogP contribution is 2.33. The van der Waals surface area contributed by atoms with Gasteiger partial charge in [-0.1, -0.05) is 11.6 Å². The first-order valence-electron chi connectivity index (χ1n) is 6.54. The monoisotopic (exact) mass is 287 g/mol. The van der Waals surface area contributed by atoms with Gasteiger partial charge in [0.05, 0.1) is 6.61 Å². The number of carbonyl (C=O) groups excluding carboxylic acids is 1. The van der Waals surface area contributed by atoms with E-state index in [2.05, 4.69) is 4.98 Å². The summed E-state index contributed by atoms with van der Waals surface area (Å²) >= 11 is 6.11. The molecule has 1 aromatic carbocycles. The van der Waals surface area contributed by atoms with E-state index in [4.69, 9.17) is 16.3 Å². The van der Waals surface area contributed by atoms with Gasteiger partial charge in [0.25, 0.3) is 0 Å². The number of benzene rings is 1. The van der Waals surface area contributed by atoms with Crippen molar-refractivity contribution in [1.29, 1.82) is 0 Å². The van der Waals surface area contributed by atoms with Crippen molar-refractivity contribution in [2.75, 3.05) is 6.61 Å². The van der Waals surface area contributed by atoms with E-state index in [1.54, 1.807) is 18.3 Å². The third-order valence-electron chi connectivity index (χ3n) is 3.48. The van der Waals surface area contributed by atoms with Gasteiger partial charge in [0.15, 0.2) is 5.78 Å². The average molecular weight is 288 g/mol. The lowest BCUT2D eigenvalue weighted by molar-refractivity contribution is 0.0991. The Kier molecular flexibility index (Phi) is 3.45. The minimum absolute atomic E-state index is 0.0376. The fourth-order valence-corrected chi connectivity index (χ4v) is 2.79. The van der Waals surface area contributed by atoms with Crippen molar-refractivity contribution in [2.24, 2.45) is 0 Å². The summed E-state index contributed by atoms with van der Waals surface area (Å²) in [5.74, 6) is 0.861. The summed E-state index contributed by atoms with van der Waals surface area (Å²) in [7, 11) is 0. The normalized spacial score (nSPS) is 12.9. The van der Waals surface area contributed by atoms with E-state index < -0.39 is 0 Å². The number of ether oxygens (including phenoxy) is 1. The van der Waals surface area contributed by atoms with Crippen LogP contribution in [0.5, 0.6) is 5.75 Å². The van der Waals surface area contributed by atoms with Crippen LogP contribution in [0.4, 0.5) is 0 Å². The second kappa shape index (κ2) is 5.25. The molecule has 0 saturated carbocycles. The molecule has 0 N–H and O–H groups in total. The Hall–Kier alpha value is -1.87. The number of aromatic nitrogens is 1. The molecule has 20 heavy (non-hydrogen) atoms. The van der Waals surface area contributed by atoms with E-state index >= 15 is 0 Å². The number of fused-ring (bicyclic) bond motifs is 1. The Bertz CT molecular complexity index is 682. The van der Waals surface area contributed by atoms with Crippen LogP contribution in [-0.4, -0.2) is 17.4 Å². The van der Waals surface area contributed by atoms with E-state index in [0.717, 1.165) is 29.0 Å². The second-order valence-electron chi connectivity index (χ2n) is 4.89. The van der Waals surface area contributed by atoms with Gasteiger partial charge < -0.3 is 4.74 Å². The van der Waals surface area contributed by atoms with E-state index in [0.29, 0.717) is 17.2 Å². The molecule has 0 atom stereocenters. The molecule has 1 aliphatic rings. The van der Waals surface area contributed by atoms with Crippen LogP contribution in [0, 0.1) is 6.92 Å². The molecule has 1 aliphatic heterocycles. The summed E-state index contributed by atoms with van der Waals surface area (Å²) in [4.78, 5) is 16.6. The summed E-state index contributed by atoms with van der Waals surface area (Å²) < 4.78 is 5.63. The zero-order valence-corrected chi connectivity index (χ0v) is 11.9. The lowest BCUT2D eigenvalue weighted by atomic mass is 9.99. The topological polar surface area (TPSA) is 39.2 Å². The van der Waals surface area contributed by atoms with Gasteiger partial charge in [0.1, 0.15) is 5.75 Å². The molecule has 2 heterocycles. The summed E-state index contributed by atoms with van der Waals surface area (Å²) in [6.07, 6.45) is 2.82. The van der Waals surface area contributed by atoms with Crippen molar-refractivity contribution < 1.29 is 9.53 Å². The van der Waals surface area contributed by atoms with Gasteiger partial charge in [-0.25, -0.2) is 0 Å². The van der Waals surface area contributed by atoms with Crippen molar-refractivity contribution in [1.82, 2.24) is 4.98 Å². The van der Waals surface area contributed by atoms with Crippen LogP contribution >= 0.6 is 11.6 Å². The highest BCUT2D eigenvalue weighted by molar-refractivity contribution is 6.30. The lowest BCUT2D eigenvalue weighted by Gasteiger charge is -2.09. The Balaban J connectivity index is 1.93. The highest BCUT2D eigenvalue weighted by Gasteiger charge is 2.20. The van der Waals surface area contributed by atoms with Gasteiger partial charge in [0.2, 0.25) is 0 Å². The maximum Gasteiger partial charge on any atom is 0.169 e. The van der Waals surface area contributed by atoms with Crippen LogP contribution < -0.4 is 4.74 Å². The quantitative estimate of drug-likeness (QED) is 0.812. The number of ketones is 1. The van der Waals surface area contributed by atoms with E-state index in [1.165, 1.54) is 0 Å². The SMILES string of the molecule is Cc1ncccc1C(=O)Cc1cc(Cl)cc2c1OCC2. The number of hydrogen-bond acceptors (Lipinski definition) is 3. The molecule has 0 fully saturated rings. The van der Waals surface area contributed by atoms with Crippen molar-refractivity contribution in [3.63, 3.8) is 0 Å². The largest absolute Gasteiger partial charge is 0.493 e. The molecule has 0 amide bonds. The summed E-state index contributed by atoms with van der Waals surface area (Å²) in [6.45, 7) is 2.49. The molecular formula is C16H14ClNO2. The number of carbonyl (C=O) groups is 1. The fraction of sp³-hybridized carbons (Fsp3) is 0.250. The molecule has 102 valence electrons. The Morgan fingerprint density at radius 3 is 3.10 bits per heavy atom. The number of nitrogens with zero attached hydrogens (tertiary/aromatic N) is 1. The first kappa shape index (κ1) is 13.1. The third-order valence-corrected chi connectivity index (χ3v) is 3.70. The molecule has 2 aromatic rings. The van der Waals surface area contributed by atoms with E-state index in [1.807, 2.05) is 19.1 Å². The van der Waals surface area contributed by atoms with Crippen LogP contribution in [0.3, 0.4) is 0 Å². The summed E-state index contributed by atoms with van der Waals surface area (Å²) in [5.41, 5.74) is 3.35. The van der Waals surface area contributed by atoms with Crippen molar-refractivity contribution in [2.45, 2.75) is 19.8 Å². The van der Waals surface area contributed by atoms with Crippen LogP contribution in [0.15, 0.2) is 30.5 Å². The van der Waals surface area contributed by atoms with E-state index in [-0.39, 0.29) is 12.2 Å². The molecule has 0 bridgehead atoms. The molecule has 0 saturated heterocycles. The first-order chi connectivity index (χ1) is 9.65. The Morgan fingerprint density at radius 1 is 1.45 bits per heavy atom. The molecule has 0 unspecified atom stereocenters. The van der Waals surface area contributed by atoms with Crippen LogP contribution in [0.1, 0.15) is 27.2 Å². The highest BCUT2D eigenvalue weighted by atomic mass is 35.5. The van der Waals surface area contributed by atoms with Crippen molar-refractivity contribution in [3.05, 3.63) is 57.9 Å². The number of rotatable bonds is 3. The number of halogens is 1. The molecule has 1 aromatic heterocycles. The number of hydrogen-bond donors (Lipinski definition) is 0. The minimum atomic E-state index is 0.0376. The first-order valence-corrected chi connectivity index (χ1v) is 6.92. The molecular weight excluding hydrogens is 274 g/mol. The minimum Gasteiger partial charge on any atom is -0.493 e. The van der Waals surface area contributed by atoms with Crippen molar-refractivity contribution in [3.8, 4) is 5.75 Å². The van der Waals surface area contributed by atoms with Gasteiger partial charge in [-0.3, -0.25) is 9.78 Å². The Morgan fingerprint density at radius 2 is 2.30 bits per heavy atom. The average Bonchev–Trinajstić information content (AvgIpc) is 2.87. The van der Waals surface area contributed by atoms with Gasteiger partial charge in [0, 0.05) is 40.9 Å². The predicted octanol–water partition coefficient (Wildman–Crippen LogP) is 3.40. The van der Waals surface area contributed by atoms with Gasteiger partial charge in [-0.15, -0.1) is 0 Å². The molecule has 4 heteroatoms. The molecule has 0 radical (unpaired) electrons. The zero-order valence-electron chi connectivity index (χ0n) is 11.1. The maximum absolute atomic E-state index is 12.4. The van der Waals surface area contributed by atoms with Gasteiger partial charge in [-0.2, -0.15) is 0 Å². The smallest absolute Gasteiger partial charge is 0.169 e. The number of aryl methyl sites for hydroxylation is 1. The maximum atomic E-state index is 12.4. The molecule has 0 spiro atoms. The Labute approximate surface area is 122 Å². The number of Topliss-reactive ketones (excluding diaryl/α,β-unsaturated/α-hetero) is 1. The lowest BCUT2D eigenvalue weighted by Crippen LogP contribution is -2.07. The third kappa shape index (κ3) is 2.41. The fourth-order valence-electron chi connectivity index (χ4n) is 2.52. The van der Waals surface area contributed by atoms with Crippen molar-refractivity contribution >= 4 is 17.4 Å². The van der Waals surface area contributed by atoms with E-state index in [9.17, 15) is 4.79 Å². The summed E-state index contributed by atoms with van der Waals surface area (Å²) in [5, 5.41) is 0.653. The predicted molar refractivity (Wildman–Crippen MR) is 77.7 cm³/mol. The molecule has 3 nitrogen and oxygen atoms in total. The van der Waals surface area contributed by atoms with Gasteiger partial charge in [-0.05, 0) is 36.8 Å². The van der Waals surface area contributed by atoms with Crippen LogP contribution in [0.2, 0.25) is 5.02 Å². The second-order valence-corrected chi connectivity index (χ2v) is 5.32. The van der Waals surface area contributed by atoms with Crippen LogP contribution in [-0.2, 0) is 12.8 Å². The molecule has 0 aliphatic carbocycles. The molecule has 3 rings (SSSR count).